The van der Waals surface area contributed by atoms with Gasteiger partial charge in [-0.1, -0.05) is 12.5 Å². The fourth-order valence-electron chi connectivity index (χ4n) is 1.62. The van der Waals surface area contributed by atoms with Crippen LogP contribution in [0.25, 0.3) is 0 Å². The van der Waals surface area contributed by atoms with Crippen LogP contribution in [0.3, 0.4) is 0 Å². The first-order valence-corrected chi connectivity index (χ1v) is 5.39. The molecule has 1 amide bonds. The van der Waals surface area contributed by atoms with Gasteiger partial charge in [-0.05, 0) is 25.7 Å². The van der Waals surface area contributed by atoms with Gasteiger partial charge in [0.2, 0.25) is 5.91 Å². The summed E-state index contributed by atoms with van der Waals surface area (Å²) in [4.78, 5) is 21.8. The first-order chi connectivity index (χ1) is 7.20. The van der Waals surface area contributed by atoms with Crippen LogP contribution in [0.5, 0.6) is 0 Å². The van der Waals surface area contributed by atoms with Crippen LogP contribution in [0.2, 0.25) is 0 Å². The topological polar surface area (TPSA) is 66.4 Å². The molecular formula is C11H17NO3. The van der Waals surface area contributed by atoms with Crippen molar-refractivity contribution in [1.29, 1.82) is 0 Å². The van der Waals surface area contributed by atoms with Crippen molar-refractivity contribution in [3.8, 4) is 0 Å². The summed E-state index contributed by atoms with van der Waals surface area (Å²) in [7, 11) is 0. The zero-order valence-electron chi connectivity index (χ0n) is 8.79. The summed E-state index contributed by atoms with van der Waals surface area (Å²) in [6, 6.07) is 0. The molecule has 0 unspecified atom stereocenters. The van der Waals surface area contributed by atoms with Gasteiger partial charge < -0.3 is 10.4 Å². The van der Waals surface area contributed by atoms with E-state index < -0.39 is 5.97 Å². The largest absolute Gasteiger partial charge is 0.481 e. The smallest absolute Gasteiger partial charge is 0.305 e. The first-order valence-electron chi connectivity index (χ1n) is 5.39. The number of rotatable bonds is 4. The average Bonchev–Trinajstić information content (AvgIpc) is 2.44. The van der Waals surface area contributed by atoms with Crippen molar-refractivity contribution in [2.75, 3.05) is 6.54 Å². The summed E-state index contributed by atoms with van der Waals surface area (Å²) in [5.41, 5.74) is 0.817. The number of nitrogens with one attached hydrogen (secondary N) is 1. The van der Waals surface area contributed by atoms with Crippen molar-refractivity contribution in [3.05, 3.63) is 11.6 Å². The van der Waals surface area contributed by atoms with Crippen LogP contribution in [0.1, 0.15) is 38.5 Å². The highest BCUT2D eigenvalue weighted by molar-refractivity contribution is 5.93. The molecule has 0 aromatic carbocycles. The Hall–Kier alpha value is -1.32. The summed E-state index contributed by atoms with van der Waals surface area (Å²) in [6.07, 6.45) is 7.11. The van der Waals surface area contributed by atoms with E-state index in [4.69, 9.17) is 5.11 Å². The molecule has 1 rings (SSSR count). The van der Waals surface area contributed by atoms with Gasteiger partial charge in [0.1, 0.15) is 0 Å². The molecule has 0 spiro atoms. The predicted molar refractivity (Wildman–Crippen MR) is 56.4 cm³/mol. The van der Waals surface area contributed by atoms with Crippen LogP contribution in [0, 0.1) is 0 Å². The Morgan fingerprint density at radius 1 is 1.33 bits per heavy atom. The molecule has 4 nitrogen and oxygen atoms in total. The summed E-state index contributed by atoms with van der Waals surface area (Å²) in [5, 5.41) is 11.0. The van der Waals surface area contributed by atoms with Gasteiger partial charge in [-0.2, -0.15) is 0 Å². The normalized spacial score (nSPS) is 16.4. The molecule has 0 aromatic rings. The quantitative estimate of drug-likeness (QED) is 0.740. The number of carboxylic acids is 1. The van der Waals surface area contributed by atoms with Crippen molar-refractivity contribution < 1.29 is 14.7 Å². The fourth-order valence-corrected chi connectivity index (χ4v) is 1.62. The van der Waals surface area contributed by atoms with E-state index >= 15 is 0 Å². The van der Waals surface area contributed by atoms with E-state index in [0.29, 0.717) is 0 Å². The summed E-state index contributed by atoms with van der Waals surface area (Å²) >= 11 is 0. The Morgan fingerprint density at radius 3 is 2.87 bits per heavy atom. The van der Waals surface area contributed by atoms with Crippen LogP contribution in [0.4, 0.5) is 0 Å². The molecule has 0 aliphatic heterocycles. The molecule has 84 valence electrons. The molecule has 0 saturated heterocycles. The number of hydrogen-bond donors (Lipinski definition) is 2. The second-order valence-electron chi connectivity index (χ2n) is 3.73. The Bertz CT molecular complexity index is 271. The van der Waals surface area contributed by atoms with E-state index in [2.05, 4.69) is 5.32 Å². The third kappa shape index (κ3) is 4.63. The number of carbonyl (C=O) groups is 2. The van der Waals surface area contributed by atoms with E-state index in [1.54, 1.807) is 0 Å². The molecular weight excluding hydrogens is 194 g/mol. The SMILES string of the molecule is O=C(O)CCNC(=O)C1=CCCCCC1. The third-order valence-electron chi connectivity index (χ3n) is 2.46. The number of hydrogen-bond acceptors (Lipinski definition) is 2. The minimum atomic E-state index is -0.884. The number of carbonyl (C=O) groups excluding carboxylic acids is 1. The lowest BCUT2D eigenvalue weighted by Crippen LogP contribution is -2.27. The Kier molecular flexibility index (Phi) is 4.87. The highest BCUT2D eigenvalue weighted by Gasteiger charge is 2.10. The van der Waals surface area contributed by atoms with Crippen molar-refractivity contribution >= 4 is 11.9 Å². The number of allylic oxidation sites excluding steroid dienone is 1. The molecule has 0 aromatic heterocycles. The highest BCUT2D eigenvalue weighted by Crippen LogP contribution is 2.16. The van der Waals surface area contributed by atoms with Gasteiger partial charge in [-0.15, -0.1) is 0 Å². The van der Waals surface area contributed by atoms with Crippen LogP contribution in [0.15, 0.2) is 11.6 Å². The van der Waals surface area contributed by atoms with Crippen LogP contribution in [-0.4, -0.2) is 23.5 Å². The Balaban J connectivity index is 2.31. The first kappa shape index (κ1) is 11.8. The van der Waals surface area contributed by atoms with Crippen molar-refractivity contribution in [3.63, 3.8) is 0 Å². The zero-order valence-corrected chi connectivity index (χ0v) is 8.79. The lowest BCUT2D eigenvalue weighted by Gasteiger charge is -2.05. The predicted octanol–water partition coefficient (Wildman–Crippen LogP) is 1.47. The Morgan fingerprint density at radius 2 is 2.13 bits per heavy atom. The maximum Gasteiger partial charge on any atom is 0.305 e. The van der Waals surface area contributed by atoms with Crippen molar-refractivity contribution in [2.24, 2.45) is 0 Å². The van der Waals surface area contributed by atoms with Gasteiger partial charge in [0, 0.05) is 12.1 Å². The molecule has 0 radical (unpaired) electrons. The lowest BCUT2D eigenvalue weighted by molar-refractivity contribution is -0.136. The number of amides is 1. The molecule has 0 bridgehead atoms. The second kappa shape index (κ2) is 6.22. The van der Waals surface area contributed by atoms with Crippen LogP contribution < -0.4 is 5.32 Å². The van der Waals surface area contributed by atoms with Crippen LogP contribution >= 0.6 is 0 Å². The molecule has 2 N–H and O–H groups in total. The molecule has 4 heteroatoms. The molecule has 1 aliphatic carbocycles. The maximum absolute atomic E-state index is 11.6. The standard InChI is InChI=1S/C11H17NO3/c13-10(14)7-8-12-11(15)9-5-3-1-2-4-6-9/h5H,1-4,6-8H2,(H,12,15)(H,13,14). The summed E-state index contributed by atoms with van der Waals surface area (Å²) in [5.74, 6) is -0.983. The van der Waals surface area contributed by atoms with Gasteiger partial charge in [0.05, 0.1) is 6.42 Å². The minimum Gasteiger partial charge on any atom is -0.481 e. The van der Waals surface area contributed by atoms with E-state index in [9.17, 15) is 9.59 Å². The summed E-state index contributed by atoms with van der Waals surface area (Å²) < 4.78 is 0. The van der Waals surface area contributed by atoms with Gasteiger partial charge in [-0.25, -0.2) is 0 Å². The average molecular weight is 211 g/mol. The minimum absolute atomic E-state index is 0.0149. The second-order valence-corrected chi connectivity index (χ2v) is 3.73. The van der Waals surface area contributed by atoms with Crippen LogP contribution in [-0.2, 0) is 9.59 Å². The molecule has 0 saturated carbocycles. The van der Waals surface area contributed by atoms with E-state index in [0.717, 1.165) is 31.3 Å². The zero-order chi connectivity index (χ0) is 11.1. The monoisotopic (exact) mass is 211 g/mol. The van der Waals surface area contributed by atoms with E-state index in [1.165, 1.54) is 6.42 Å². The van der Waals surface area contributed by atoms with Crippen molar-refractivity contribution in [1.82, 2.24) is 5.32 Å². The van der Waals surface area contributed by atoms with Gasteiger partial charge in [-0.3, -0.25) is 9.59 Å². The number of carboxylic acid groups (broad SMARTS) is 1. The molecule has 0 heterocycles. The molecule has 0 fully saturated rings. The highest BCUT2D eigenvalue weighted by atomic mass is 16.4. The van der Waals surface area contributed by atoms with E-state index in [1.807, 2.05) is 6.08 Å². The van der Waals surface area contributed by atoms with Gasteiger partial charge in [0.25, 0.3) is 0 Å². The molecule has 15 heavy (non-hydrogen) atoms. The third-order valence-corrected chi connectivity index (χ3v) is 2.46. The lowest BCUT2D eigenvalue weighted by atomic mass is 10.1. The number of aliphatic carboxylic acids is 1. The maximum atomic E-state index is 11.6. The summed E-state index contributed by atoms with van der Waals surface area (Å²) in [6.45, 7) is 0.214. The fraction of sp³-hybridized carbons (Fsp3) is 0.636. The van der Waals surface area contributed by atoms with Gasteiger partial charge in [0.15, 0.2) is 0 Å². The van der Waals surface area contributed by atoms with Gasteiger partial charge >= 0.3 is 5.97 Å². The van der Waals surface area contributed by atoms with E-state index in [-0.39, 0.29) is 18.9 Å². The molecule has 1 aliphatic rings. The molecule has 0 atom stereocenters. The Labute approximate surface area is 89.4 Å². The van der Waals surface area contributed by atoms with Crippen molar-refractivity contribution in [2.45, 2.75) is 38.5 Å².